The van der Waals surface area contributed by atoms with Gasteiger partial charge >= 0.3 is 0 Å². The van der Waals surface area contributed by atoms with E-state index in [9.17, 15) is 0 Å². The van der Waals surface area contributed by atoms with Crippen LogP contribution >= 0.6 is 0 Å². The molecule has 1 saturated heterocycles. The summed E-state index contributed by atoms with van der Waals surface area (Å²) in [5.41, 5.74) is 26.7. The largest absolute Gasteiger partial charge is 0.400 e. The maximum Gasteiger partial charge on any atom is 0.0870 e. The molecule has 6 nitrogen and oxygen atoms in total. The minimum Gasteiger partial charge on any atom is -0.400 e. The third-order valence-corrected chi connectivity index (χ3v) is 15.4. The summed E-state index contributed by atoms with van der Waals surface area (Å²) in [5, 5.41) is 14.8. The minimum atomic E-state index is -0.179. The second-order valence-electron chi connectivity index (χ2n) is 19.1. The fourth-order valence-electron chi connectivity index (χ4n) is 12.5. The van der Waals surface area contributed by atoms with E-state index in [2.05, 4.69) is 213 Å². The number of nitrogens with two attached hydrogens (primary N) is 1. The van der Waals surface area contributed by atoms with Gasteiger partial charge in [-0.2, -0.15) is 0 Å². The van der Waals surface area contributed by atoms with E-state index in [1.54, 1.807) is 0 Å². The number of aromatic nitrogens is 2. The first kappa shape index (κ1) is 40.3. The molecule has 330 valence electrons. The molecule has 6 heteroatoms. The molecule has 5 aromatic carbocycles. The van der Waals surface area contributed by atoms with Crippen molar-refractivity contribution in [3.8, 4) is 22.4 Å². The zero-order valence-electron chi connectivity index (χ0n) is 37.8. The van der Waals surface area contributed by atoms with Crippen LogP contribution in [0.1, 0.15) is 84.5 Å². The molecule has 6 aliphatic rings. The quantitative estimate of drug-likeness (QED) is 0.129. The van der Waals surface area contributed by atoms with Gasteiger partial charge in [0, 0.05) is 50.7 Å². The van der Waals surface area contributed by atoms with Gasteiger partial charge < -0.3 is 14.9 Å². The molecule has 5 N–H and O–H groups in total. The Labute approximate surface area is 393 Å². The molecule has 7 aromatic rings. The third-order valence-electron chi connectivity index (χ3n) is 15.4. The predicted molar refractivity (Wildman–Crippen MR) is 276 cm³/mol. The molecule has 2 aromatic heterocycles. The number of fused-ring (bicyclic) bond motifs is 8. The average Bonchev–Trinajstić information content (AvgIpc) is 3.91. The first-order valence-corrected chi connectivity index (χ1v) is 24.5. The molecule has 0 radical (unpaired) electrons. The molecule has 0 amide bonds. The molecule has 1 fully saturated rings. The lowest BCUT2D eigenvalue weighted by molar-refractivity contribution is 0.223. The summed E-state index contributed by atoms with van der Waals surface area (Å²) in [6.45, 7) is 0. The summed E-state index contributed by atoms with van der Waals surface area (Å²) in [4.78, 5) is 0. The van der Waals surface area contributed by atoms with Gasteiger partial charge in [0.1, 0.15) is 0 Å². The summed E-state index contributed by atoms with van der Waals surface area (Å²) >= 11 is 0. The highest BCUT2D eigenvalue weighted by Crippen LogP contribution is 2.51. The number of hydrogen-bond acceptors (Lipinski definition) is 4. The van der Waals surface area contributed by atoms with Crippen LogP contribution in [0.4, 0.5) is 0 Å². The van der Waals surface area contributed by atoms with E-state index in [-0.39, 0.29) is 24.5 Å². The molecule has 3 heterocycles. The zero-order chi connectivity index (χ0) is 44.4. The molecule has 0 spiro atoms. The predicted octanol–water partition coefficient (Wildman–Crippen LogP) is 13.0. The highest BCUT2D eigenvalue weighted by molar-refractivity contribution is 6.04. The van der Waals surface area contributed by atoms with Crippen LogP contribution < -0.4 is 21.7 Å². The van der Waals surface area contributed by atoms with E-state index < -0.39 is 0 Å². The minimum absolute atomic E-state index is 0.0426. The van der Waals surface area contributed by atoms with Crippen LogP contribution in [0.3, 0.4) is 0 Å². The van der Waals surface area contributed by atoms with E-state index in [1.807, 2.05) is 0 Å². The number of aryl methyl sites for hydroxylation is 1. The molecule has 1 aliphatic heterocycles. The van der Waals surface area contributed by atoms with E-state index in [0.717, 1.165) is 56.2 Å². The standard InChI is InChI=1S/C61H56N6/c62-51-38-42(59-63-60(48-28-11-9-24-43(48)39-18-3-1-4-19-39)65-61(64-59)49-29-12-10-25-44(49)40-20-5-2-6-21-40)34-36-55(51)67-53-31-15-13-27-46(53)47-35-37-56-57(58(47)67)50-30-14-16-32-54(50)66(56)52-33-17-23-41-22-7-8-26-45(41)52/h1,3-5,7-16,18-32,34,38,45,52,55,59-61,63-65H,2,6,17,33,35-37,62H2. The third kappa shape index (κ3) is 6.80. The normalized spacial score (nSPS) is 24.4. The average molecular weight is 873 g/mol. The van der Waals surface area contributed by atoms with Crippen LogP contribution in [0.2, 0.25) is 0 Å². The Hall–Kier alpha value is -6.96. The fourth-order valence-corrected chi connectivity index (χ4v) is 12.5. The summed E-state index contributed by atoms with van der Waals surface area (Å²) in [5.74, 6) is 0.379. The Kier molecular flexibility index (Phi) is 10.1. The molecule has 67 heavy (non-hydrogen) atoms. The van der Waals surface area contributed by atoms with Crippen LogP contribution in [0, 0.1) is 5.92 Å². The SMILES string of the molecule is NC1=CC(C2NC(c3ccccc3C3=CCCC=C3)NC(c3ccccc3-c3ccccc3)N2)=CCC1n1c2c(c3ccccc31)CCc1c-2c2ccccc2n1C1CCC=C2C=CC=CC21. The highest BCUT2D eigenvalue weighted by Gasteiger charge is 2.38. The molecular formula is C61H56N6. The van der Waals surface area contributed by atoms with Gasteiger partial charge in [0.25, 0.3) is 0 Å². The van der Waals surface area contributed by atoms with Gasteiger partial charge in [0.2, 0.25) is 0 Å². The Morgan fingerprint density at radius 2 is 1.27 bits per heavy atom. The number of allylic oxidation sites excluding steroid dienone is 12. The fraction of sp³-hybridized carbons (Fsp3) is 0.213. The number of para-hydroxylation sites is 2. The number of nitrogens with zero attached hydrogens (tertiary/aromatic N) is 2. The van der Waals surface area contributed by atoms with E-state index in [1.165, 1.54) is 83.3 Å². The molecular weight excluding hydrogens is 817 g/mol. The highest BCUT2D eigenvalue weighted by atomic mass is 15.4. The molecule has 13 rings (SSSR count). The lowest BCUT2D eigenvalue weighted by Gasteiger charge is -2.42. The van der Waals surface area contributed by atoms with Gasteiger partial charge in [-0.25, -0.2) is 0 Å². The van der Waals surface area contributed by atoms with Crippen molar-refractivity contribution in [1.29, 1.82) is 0 Å². The Balaban J connectivity index is 0.904. The maximum absolute atomic E-state index is 7.52. The molecule has 0 bridgehead atoms. The van der Waals surface area contributed by atoms with E-state index in [0.29, 0.717) is 12.0 Å². The first-order chi connectivity index (χ1) is 33.2. The lowest BCUT2D eigenvalue weighted by atomic mass is 9.80. The van der Waals surface area contributed by atoms with Gasteiger partial charge in [0.05, 0.1) is 30.2 Å². The van der Waals surface area contributed by atoms with Crippen molar-refractivity contribution in [2.45, 2.75) is 75.5 Å². The monoisotopic (exact) mass is 872 g/mol. The number of rotatable bonds is 7. The molecule has 6 atom stereocenters. The van der Waals surface area contributed by atoms with Crippen LogP contribution in [-0.4, -0.2) is 15.3 Å². The first-order valence-electron chi connectivity index (χ1n) is 24.5. The van der Waals surface area contributed by atoms with Crippen molar-refractivity contribution in [2.75, 3.05) is 0 Å². The lowest BCUT2D eigenvalue weighted by Crippen LogP contribution is -2.59. The van der Waals surface area contributed by atoms with Crippen molar-refractivity contribution < 1.29 is 0 Å². The second kappa shape index (κ2) is 16.7. The zero-order valence-corrected chi connectivity index (χ0v) is 37.8. The van der Waals surface area contributed by atoms with Gasteiger partial charge in [-0.3, -0.25) is 16.0 Å². The Bertz CT molecular complexity index is 3310. The van der Waals surface area contributed by atoms with Crippen LogP contribution in [0.5, 0.6) is 0 Å². The van der Waals surface area contributed by atoms with Crippen LogP contribution in [0.25, 0.3) is 49.8 Å². The number of nitrogens with one attached hydrogen (secondary N) is 3. The smallest absolute Gasteiger partial charge is 0.0870 e. The van der Waals surface area contributed by atoms with Crippen molar-refractivity contribution in [2.24, 2.45) is 11.7 Å². The van der Waals surface area contributed by atoms with Crippen LogP contribution in [0.15, 0.2) is 205 Å². The van der Waals surface area contributed by atoms with Crippen molar-refractivity contribution in [1.82, 2.24) is 25.1 Å². The number of hydrogen-bond donors (Lipinski definition) is 4. The van der Waals surface area contributed by atoms with Crippen LogP contribution in [-0.2, 0) is 12.8 Å². The van der Waals surface area contributed by atoms with Gasteiger partial charge in [-0.05, 0) is 113 Å². The summed E-state index contributed by atoms with van der Waals surface area (Å²) in [6.07, 6.45) is 30.1. The molecule has 0 saturated carbocycles. The summed E-state index contributed by atoms with van der Waals surface area (Å²) < 4.78 is 5.38. The molecule has 6 unspecified atom stereocenters. The van der Waals surface area contributed by atoms with Crippen molar-refractivity contribution in [3.05, 3.63) is 233 Å². The van der Waals surface area contributed by atoms with Gasteiger partial charge in [-0.1, -0.05) is 170 Å². The summed E-state index contributed by atoms with van der Waals surface area (Å²) in [7, 11) is 0. The van der Waals surface area contributed by atoms with Gasteiger partial charge in [0.15, 0.2) is 0 Å². The summed E-state index contributed by atoms with van der Waals surface area (Å²) in [6, 6.07) is 47.0. The van der Waals surface area contributed by atoms with Gasteiger partial charge in [-0.15, -0.1) is 0 Å². The Morgan fingerprint density at radius 1 is 0.567 bits per heavy atom. The van der Waals surface area contributed by atoms with E-state index in [4.69, 9.17) is 5.73 Å². The number of benzene rings is 5. The van der Waals surface area contributed by atoms with Crippen molar-refractivity contribution in [3.63, 3.8) is 0 Å². The second-order valence-corrected chi connectivity index (χ2v) is 19.1. The molecule has 5 aliphatic carbocycles. The Morgan fingerprint density at radius 3 is 2.06 bits per heavy atom. The maximum atomic E-state index is 7.52. The van der Waals surface area contributed by atoms with E-state index >= 15 is 0 Å². The van der Waals surface area contributed by atoms with Crippen molar-refractivity contribution >= 4 is 27.4 Å². The topological polar surface area (TPSA) is 72.0 Å².